The van der Waals surface area contributed by atoms with Crippen LogP contribution in [0.4, 0.5) is 5.69 Å². The third-order valence-corrected chi connectivity index (χ3v) is 4.80. The summed E-state index contributed by atoms with van der Waals surface area (Å²) in [6.45, 7) is 6.63. The van der Waals surface area contributed by atoms with E-state index in [4.69, 9.17) is 4.74 Å². The zero-order valence-corrected chi connectivity index (χ0v) is 15.6. The fraction of sp³-hybridized carbons (Fsp3) is 0.526. The lowest BCUT2D eigenvalue weighted by Crippen LogP contribution is -2.47. The van der Waals surface area contributed by atoms with Crippen LogP contribution in [0.15, 0.2) is 24.3 Å². The first-order chi connectivity index (χ1) is 13.1. The summed E-state index contributed by atoms with van der Waals surface area (Å²) in [6.07, 6.45) is 0.808. The van der Waals surface area contributed by atoms with E-state index >= 15 is 0 Å². The second kappa shape index (κ2) is 8.96. The number of morpholine rings is 1. The minimum absolute atomic E-state index is 0.201. The molecule has 146 valence electrons. The number of anilines is 1. The summed E-state index contributed by atoms with van der Waals surface area (Å²) in [7, 11) is 0. The van der Waals surface area contributed by atoms with Gasteiger partial charge in [-0.3, -0.25) is 19.3 Å². The predicted octanol–water partition coefficient (Wildman–Crippen LogP) is 0.0489. The predicted molar refractivity (Wildman–Crippen MR) is 100 cm³/mol. The van der Waals surface area contributed by atoms with Gasteiger partial charge in [0.25, 0.3) is 5.91 Å². The maximum Gasteiger partial charge on any atom is 0.310 e. The average Bonchev–Trinajstić information content (AvgIpc) is 2.95. The van der Waals surface area contributed by atoms with Crippen molar-refractivity contribution in [2.45, 2.75) is 19.4 Å². The number of rotatable bonds is 6. The number of benzene rings is 1. The van der Waals surface area contributed by atoms with Gasteiger partial charge in [-0.1, -0.05) is 25.1 Å². The summed E-state index contributed by atoms with van der Waals surface area (Å²) in [6, 6.07) is 6.53. The van der Waals surface area contributed by atoms with Crippen molar-refractivity contribution in [2.24, 2.45) is 0 Å². The Morgan fingerprint density at radius 1 is 1.15 bits per heavy atom. The number of amides is 3. The molecule has 1 aromatic carbocycles. The summed E-state index contributed by atoms with van der Waals surface area (Å²) >= 11 is 0. The quantitative estimate of drug-likeness (QED) is 0.687. The molecule has 2 aliphatic rings. The molecule has 8 heteroatoms. The van der Waals surface area contributed by atoms with Gasteiger partial charge in [0.1, 0.15) is 6.04 Å². The van der Waals surface area contributed by atoms with Crippen LogP contribution < -0.4 is 15.5 Å². The van der Waals surface area contributed by atoms with Crippen LogP contribution in [0.25, 0.3) is 0 Å². The molecule has 1 atom stereocenters. The number of nitrogens with zero attached hydrogens (tertiary/aromatic N) is 2. The Labute approximate surface area is 158 Å². The molecule has 0 spiro atoms. The zero-order chi connectivity index (χ0) is 19.2. The van der Waals surface area contributed by atoms with E-state index in [0.29, 0.717) is 32.8 Å². The van der Waals surface area contributed by atoms with Gasteiger partial charge in [0.2, 0.25) is 0 Å². The van der Waals surface area contributed by atoms with Crippen molar-refractivity contribution in [1.82, 2.24) is 15.5 Å². The molecule has 0 radical (unpaired) electrons. The van der Waals surface area contributed by atoms with E-state index in [2.05, 4.69) is 15.5 Å². The number of hydrogen-bond donors (Lipinski definition) is 2. The molecule has 3 rings (SSSR count). The van der Waals surface area contributed by atoms with Gasteiger partial charge in [0.05, 0.1) is 13.2 Å². The van der Waals surface area contributed by atoms with Crippen LogP contribution in [0.1, 0.15) is 24.9 Å². The lowest BCUT2D eigenvalue weighted by Gasteiger charge is -2.26. The van der Waals surface area contributed by atoms with Crippen LogP contribution in [0.3, 0.4) is 0 Å². The molecule has 27 heavy (non-hydrogen) atoms. The first kappa shape index (κ1) is 19.3. The molecule has 8 nitrogen and oxygen atoms in total. The molecule has 0 bridgehead atoms. The molecule has 0 aliphatic carbocycles. The summed E-state index contributed by atoms with van der Waals surface area (Å²) in [4.78, 5) is 40.9. The third-order valence-electron chi connectivity index (χ3n) is 4.80. The maximum atomic E-state index is 12.7. The van der Waals surface area contributed by atoms with Gasteiger partial charge < -0.3 is 20.3 Å². The Hall–Kier alpha value is -2.45. The molecule has 0 unspecified atom stereocenters. The summed E-state index contributed by atoms with van der Waals surface area (Å²) in [5.74, 6) is -1.71. The molecule has 2 N–H and O–H groups in total. The van der Waals surface area contributed by atoms with Crippen molar-refractivity contribution in [3.63, 3.8) is 0 Å². The van der Waals surface area contributed by atoms with Crippen LogP contribution >= 0.6 is 0 Å². The fourth-order valence-corrected chi connectivity index (χ4v) is 3.41. The van der Waals surface area contributed by atoms with E-state index in [1.165, 1.54) is 0 Å². The first-order valence-corrected chi connectivity index (χ1v) is 9.41. The highest BCUT2D eigenvalue weighted by molar-refractivity contribution is 6.35. The number of ether oxygens (including phenoxy) is 1. The SMILES string of the molecule is CCCN1C(=O)[C@@H](NC(=O)C(=O)NCCN2CCOCC2)c2ccccc21. The molecular formula is C19H26N4O4. The van der Waals surface area contributed by atoms with Crippen molar-refractivity contribution in [2.75, 3.05) is 50.8 Å². The second-order valence-corrected chi connectivity index (χ2v) is 6.67. The minimum Gasteiger partial charge on any atom is -0.379 e. The highest BCUT2D eigenvalue weighted by atomic mass is 16.5. The molecule has 0 saturated carbocycles. The van der Waals surface area contributed by atoms with Crippen LogP contribution in [-0.4, -0.2) is 68.6 Å². The number of para-hydroxylation sites is 1. The average molecular weight is 374 g/mol. The molecule has 2 heterocycles. The zero-order valence-electron chi connectivity index (χ0n) is 15.6. The molecule has 3 amide bonds. The van der Waals surface area contributed by atoms with Crippen molar-refractivity contribution in [1.29, 1.82) is 0 Å². The Balaban J connectivity index is 1.55. The smallest absolute Gasteiger partial charge is 0.310 e. The normalized spacial score (nSPS) is 19.7. The molecule has 0 aromatic heterocycles. The van der Waals surface area contributed by atoms with E-state index in [1.807, 2.05) is 31.2 Å². The standard InChI is InChI=1S/C19H26N4O4/c1-2-8-23-15-6-4-3-5-14(15)16(19(23)26)21-18(25)17(24)20-7-9-22-10-12-27-13-11-22/h3-6,16H,2,7-13H2,1H3,(H,20,24)(H,21,25)/t16-/m0/s1. The molecule has 1 fully saturated rings. The number of carbonyl (C=O) groups excluding carboxylic acids is 3. The van der Waals surface area contributed by atoms with Crippen LogP contribution in [0.2, 0.25) is 0 Å². The number of fused-ring (bicyclic) bond motifs is 1. The Kier molecular flexibility index (Phi) is 6.41. The molecule has 2 aliphatic heterocycles. The molecular weight excluding hydrogens is 348 g/mol. The summed E-state index contributed by atoms with van der Waals surface area (Å²) in [5, 5.41) is 5.21. The van der Waals surface area contributed by atoms with Gasteiger partial charge in [-0.25, -0.2) is 0 Å². The van der Waals surface area contributed by atoms with Crippen LogP contribution in [-0.2, 0) is 19.1 Å². The van der Waals surface area contributed by atoms with Crippen LogP contribution in [0.5, 0.6) is 0 Å². The van der Waals surface area contributed by atoms with E-state index in [1.54, 1.807) is 4.90 Å². The van der Waals surface area contributed by atoms with Gasteiger partial charge >= 0.3 is 11.8 Å². The van der Waals surface area contributed by atoms with E-state index in [-0.39, 0.29) is 5.91 Å². The van der Waals surface area contributed by atoms with E-state index in [9.17, 15) is 14.4 Å². The Bertz CT molecular complexity index is 703. The lowest BCUT2D eigenvalue weighted by molar-refractivity contribution is -0.140. The van der Waals surface area contributed by atoms with Crippen molar-refractivity contribution in [3.05, 3.63) is 29.8 Å². The topological polar surface area (TPSA) is 91.0 Å². The minimum atomic E-state index is -0.815. The van der Waals surface area contributed by atoms with Crippen molar-refractivity contribution >= 4 is 23.4 Å². The number of carbonyl (C=O) groups is 3. The fourth-order valence-electron chi connectivity index (χ4n) is 3.41. The second-order valence-electron chi connectivity index (χ2n) is 6.67. The van der Waals surface area contributed by atoms with Gasteiger partial charge in [0, 0.05) is 44.0 Å². The highest BCUT2D eigenvalue weighted by Gasteiger charge is 2.38. The molecule has 1 saturated heterocycles. The summed E-state index contributed by atoms with van der Waals surface area (Å²) in [5.41, 5.74) is 1.52. The Morgan fingerprint density at radius 3 is 2.63 bits per heavy atom. The largest absolute Gasteiger partial charge is 0.379 e. The van der Waals surface area contributed by atoms with Crippen molar-refractivity contribution in [3.8, 4) is 0 Å². The van der Waals surface area contributed by atoms with Crippen LogP contribution in [0, 0.1) is 0 Å². The highest BCUT2D eigenvalue weighted by Crippen LogP contribution is 2.35. The van der Waals surface area contributed by atoms with E-state index in [0.717, 1.165) is 30.8 Å². The lowest BCUT2D eigenvalue weighted by atomic mass is 10.1. The van der Waals surface area contributed by atoms with E-state index < -0.39 is 17.9 Å². The number of nitrogens with one attached hydrogen (secondary N) is 2. The summed E-state index contributed by atoms with van der Waals surface area (Å²) < 4.78 is 5.28. The van der Waals surface area contributed by atoms with Crippen molar-refractivity contribution < 1.29 is 19.1 Å². The monoisotopic (exact) mass is 374 g/mol. The maximum absolute atomic E-state index is 12.7. The van der Waals surface area contributed by atoms with Gasteiger partial charge in [-0.15, -0.1) is 0 Å². The number of hydrogen-bond acceptors (Lipinski definition) is 5. The van der Waals surface area contributed by atoms with Gasteiger partial charge in [-0.2, -0.15) is 0 Å². The third kappa shape index (κ3) is 4.45. The first-order valence-electron chi connectivity index (χ1n) is 9.41. The Morgan fingerprint density at radius 2 is 1.89 bits per heavy atom. The van der Waals surface area contributed by atoms with Gasteiger partial charge in [-0.05, 0) is 12.5 Å². The van der Waals surface area contributed by atoms with Gasteiger partial charge in [0.15, 0.2) is 0 Å². The molecule has 1 aromatic rings.